The van der Waals surface area contributed by atoms with Gasteiger partial charge in [0.25, 0.3) is 5.91 Å². The quantitative estimate of drug-likeness (QED) is 0.174. The minimum atomic E-state index is -0.837. The van der Waals surface area contributed by atoms with E-state index in [-0.39, 0.29) is 40.4 Å². The van der Waals surface area contributed by atoms with E-state index in [9.17, 15) is 9.59 Å². The number of carbonyl (C=O) groups excluding carboxylic acids is 1. The average Bonchev–Trinajstić information content (AvgIpc) is 3.70. The number of aromatic nitrogens is 9. The Kier molecular flexibility index (Phi) is 8.13. The maximum atomic E-state index is 16.2. The van der Waals surface area contributed by atoms with Crippen LogP contribution >= 0.6 is 0 Å². The zero-order valence-corrected chi connectivity index (χ0v) is 36.8. The summed E-state index contributed by atoms with van der Waals surface area (Å²) in [6.07, 6.45) is 11.0. The van der Waals surface area contributed by atoms with Gasteiger partial charge in [0, 0.05) is 55.0 Å². The van der Waals surface area contributed by atoms with Gasteiger partial charge < -0.3 is 14.2 Å². The molecule has 1 N–H and O–H groups in total. The molecule has 13 rings (SSSR count). The van der Waals surface area contributed by atoms with Crippen LogP contribution in [0.15, 0.2) is 81.2 Å². The van der Waals surface area contributed by atoms with Crippen LogP contribution in [0.4, 0.5) is 8.78 Å². The summed E-state index contributed by atoms with van der Waals surface area (Å²) in [6.45, 7) is 6.18. The first-order valence-electron chi connectivity index (χ1n) is 22.8. The van der Waals surface area contributed by atoms with Crippen LogP contribution in [0.1, 0.15) is 108 Å². The van der Waals surface area contributed by atoms with Crippen molar-refractivity contribution in [3.05, 3.63) is 139 Å². The van der Waals surface area contributed by atoms with E-state index in [1.54, 1.807) is 60.7 Å². The van der Waals surface area contributed by atoms with Gasteiger partial charge in [-0.05, 0) is 130 Å². The molecule has 3 aliphatic heterocycles. The molecule has 2 saturated heterocycles. The van der Waals surface area contributed by atoms with Crippen LogP contribution in [-0.2, 0) is 23.7 Å². The fourth-order valence-corrected chi connectivity index (χ4v) is 12.0. The van der Waals surface area contributed by atoms with Crippen LogP contribution in [0, 0.1) is 31.4 Å². The molecule has 5 aliphatic rings. The van der Waals surface area contributed by atoms with Gasteiger partial charge in [-0.1, -0.05) is 18.1 Å². The molecule has 1 spiro atoms. The molecule has 3 aromatic carbocycles. The second kappa shape index (κ2) is 13.6. The molecule has 8 heterocycles. The number of imidazole rings is 1. The zero-order chi connectivity index (χ0) is 45.1. The smallest absolute Gasteiger partial charge is 0.375 e. The van der Waals surface area contributed by atoms with Crippen LogP contribution in [0.25, 0.3) is 39.0 Å². The van der Waals surface area contributed by atoms with Gasteiger partial charge in [0.05, 0.1) is 45.8 Å². The summed E-state index contributed by atoms with van der Waals surface area (Å²) in [5.74, 6) is -0.659. The van der Waals surface area contributed by atoms with Gasteiger partial charge in [0.15, 0.2) is 11.6 Å². The van der Waals surface area contributed by atoms with Crippen molar-refractivity contribution in [2.75, 3.05) is 6.61 Å². The molecular weight excluding hydrogens is 847 g/mol. The molecule has 0 radical (unpaired) electrons. The number of nitrogens with zero attached hydrogens (tertiary/aromatic N) is 9. The zero-order valence-electron chi connectivity index (χ0n) is 36.8. The number of rotatable bonds is 7. The van der Waals surface area contributed by atoms with Crippen molar-refractivity contribution in [1.82, 2.24) is 48.3 Å². The summed E-state index contributed by atoms with van der Waals surface area (Å²) in [5.41, 5.74) is 4.58. The van der Waals surface area contributed by atoms with E-state index in [1.807, 2.05) is 11.0 Å². The highest BCUT2D eigenvalue weighted by Crippen LogP contribution is 2.57. The third-order valence-electron chi connectivity index (χ3n) is 15.6. The number of hydrogen-bond acceptors (Lipinski definition) is 8. The highest BCUT2D eigenvalue weighted by molar-refractivity contribution is 6.00. The van der Waals surface area contributed by atoms with E-state index < -0.39 is 28.8 Å². The Morgan fingerprint density at radius 2 is 1.70 bits per heavy atom. The normalized spacial score (nSPS) is 23.9. The number of fused-ring (bicyclic) bond motifs is 6. The summed E-state index contributed by atoms with van der Waals surface area (Å²) in [4.78, 5) is 47.8. The van der Waals surface area contributed by atoms with Crippen molar-refractivity contribution in [2.24, 2.45) is 13.0 Å². The van der Waals surface area contributed by atoms with E-state index in [0.717, 1.165) is 48.9 Å². The molecule has 5 atom stereocenters. The lowest BCUT2D eigenvalue weighted by Crippen LogP contribution is -2.43. The van der Waals surface area contributed by atoms with Gasteiger partial charge in [-0.2, -0.15) is 10.2 Å². The van der Waals surface area contributed by atoms with Crippen LogP contribution in [0.5, 0.6) is 0 Å². The minimum Gasteiger partial charge on any atom is -0.375 e. The average molecular weight is 893 g/mol. The Morgan fingerprint density at radius 1 is 0.924 bits per heavy atom. The standard InChI is InChI=1S/C49H46F2N10O5/c1-25-17-32(18-26(2)41(25)50)61-43(58-15-14-57(47(58)64)38-10-9-36-33(42(38)51)24-52-56(36)4)40-34(54-61)21-31-6-8-37(40)59(31)44(62)39-20-30-19-28(29-11-16-65-48(23-29)12-13-48)5-7-35(30)60(39)49(22-27(49)3)45-53-46(63)66-55-45/h5,7,9-10,14-15,17-20,24,27,29,31,37H,6,8,11-13,16,21-23H2,1-4H3,(H,53,55,63)/t27-,29-,31+,37-,49+/m0/s1. The maximum Gasteiger partial charge on any atom is 0.438 e. The number of nitrogens with one attached hydrogen (secondary N) is 1. The van der Waals surface area contributed by atoms with Crippen molar-refractivity contribution < 1.29 is 22.8 Å². The van der Waals surface area contributed by atoms with Crippen molar-refractivity contribution in [3.8, 4) is 17.2 Å². The monoisotopic (exact) mass is 892 g/mol. The highest BCUT2D eigenvalue weighted by Gasteiger charge is 2.60. The maximum absolute atomic E-state index is 16.2. The fraction of sp³-hybridized carbons (Fsp3) is 0.388. The van der Waals surface area contributed by atoms with E-state index in [2.05, 4.69) is 44.9 Å². The number of ether oxygens (including phenoxy) is 1. The molecule has 8 aromatic rings. The van der Waals surface area contributed by atoms with E-state index in [1.165, 1.54) is 27.1 Å². The van der Waals surface area contributed by atoms with Gasteiger partial charge in [-0.25, -0.2) is 23.1 Å². The second-order valence-electron chi connectivity index (χ2n) is 19.5. The number of hydrogen-bond donors (Lipinski definition) is 1. The lowest BCUT2D eigenvalue weighted by atomic mass is 9.87. The molecule has 336 valence electrons. The SMILES string of the molecule is Cc1cc(-n2nc3c(c2-n2ccn(-c4ccc5c(cnn5C)c4F)c2=O)[C@@H]2CC[C@H](C3)N2C(=O)c2cc3cc([C@H]4CCOC5(CC5)C4)ccc3n2[C@]2(c3noc(=O)[nH]3)C[C@@H]2C)cc(C)c1F. The summed E-state index contributed by atoms with van der Waals surface area (Å²) in [6, 6.07) is 14.4. The van der Waals surface area contributed by atoms with Gasteiger partial charge in [-0.15, -0.1) is 0 Å². The molecule has 5 aromatic heterocycles. The molecule has 2 aliphatic carbocycles. The van der Waals surface area contributed by atoms with Crippen molar-refractivity contribution in [3.63, 3.8) is 0 Å². The molecule has 2 saturated carbocycles. The van der Waals surface area contributed by atoms with Gasteiger partial charge >= 0.3 is 11.4 Å². The number of amides is 1. The Bertz CT molecular complexity index is 3490. The van der Waals surface area contributed by atoms with Gasteiger partial charge in [-0.3, -0.25) is 28.1 Å². The predicted molar refractivity (Wildman–Crippen MR) is 238 cm³/mol. The first kappa shape index (κ1) is 39.5. The molecule has 4 fully saturated rings. The molecule has 2 bridgehead atoms. The van der Waals surface area contributed by atoms with Crippen LogP contribution in [0.2, 0.25) is 0 Å². The van der Waals surface area contributed by atoms with E-state index in [4.69, 9.17) is 14.4 Å². The summed E-state index contributed by atoms with van der Waals surface area (Å²) >= 11 is 0. The molecule has 15 nitrogen and oxygen atoms in total. The second-order valence-corrected chi connectivity index (χ2v) is 19.5. The van der Waals surface area contributed by atoms with Crippen molar-refractivity contribution in [2.45, 2.75) is 101 Å². The predicted octanol–water partition coefficient (Wildman–Crippen LogP) is 7.34. The third-order valence-corrected chi connectivity index (χ3v) is 15.6. The third kappa shape index (κ3) is 5.48. The Morgan fingerprint density at radius 3 is 2.44 bits per heavy atom. The molecule has 66 heavy (non-hydrogen) atoms. The van der Waals surface area contributed by atoms with Crippen LogP contribution < -0.4 is 11.4 Å². The number of aromatic amines is 1. The number of aryl methyl sites for hydroxylation is 3. The Labute approximate surface area is 375 Å². The van der Waals surface area contributed by atoms with E-state index >= 15 is 13.6 Å². The van der Waals surface area contributed by atoms with Gasteiger partial charge in [0.1, 0.15) is 22.9 Å². The Balaban J connectivity index is 0.969. The summed E-state index contributed by atoms with van der Waals surface area (Å²) < 4.78 is 50.7. The first-order chi connectivity index (χ1) is 31.8. The lowest BCUT2D eigenvalue weighted by Gasteiger charge is -2.35. The van der Waals surface area contributed by atoms with Crippen LogP contribution in [-0.4, -0.2) is 72.5 Å². The number of benzene rings is 3. The fourth-order valence-electron chi connectivity index (χ4n) is 12.0. The number of carbonyl (C=O) groups is 1. The number of H-pyrrole nitrogens is 1. The number of halogens is 2. The first-order valence-corrected chi connectivity index (χ1v) is 22.8. The van der Waals surface area contributed by atoms with Crippen molar-refractivity contribution in [1.29, 1.82) is 0 Å². The molecular formula is C49H46F2N10O5. The summed E-state index contributed by atoms with van der Waals surface area (Å²) in [7, 11) is 1.73. The lowest BCUT2D eigenvalue weighted by molar-refractivity contribution is -0.0132. The molecule has 1 amide bonds. The molecule has 17 heteroatoms. The van der Waals surface area contributed by atoms with Crippen LogP contribution in [0.3, 0.4) is 0 Å². The summed E-state index contributed by atoms with van der Waals surface area (Å²) in [5, 5.41) is 14.8. The molecule has 0 unspecified atom stereocenters. The van der Waals surface area contributed by atoms with Gasteiger partial charge in [0.2, 0.25) is 0 Å². The van der Waals surface area contributed by atoms with E-state index in [0.29, 0.717) is 76.8 Å². The minimum absolute atomic E-state index is 0.0111. The van der Waals surface area contributed by atoms with Crippen molar-refractivity contribution >= 4 is 27.7 Å². The Hall–Kier alpha value is -6.88. The largest absolute Gasteiger partial charge is 0.438 e. The highest BCUT2D eigenvalue weighted by atomic mass is 19.1. The topological polar surface area (TPSA) is 156 Å².